The highest BCUT2D eigenvalue weighted by atomic mass is 35.5. The molecule has 0 radical (unpaired) electrons. The first-order valence-corrected chi connectivity index (χ1v) is 47.2. The molecule has 0 bridgehead atoms. The molecular weight excluding hydrogens is 1960 g/mol. The van der Waals surface area contributed by atoms with Crippen LogP contribution >= 0.6 is 92.3 Å². The number of hydrogen-bond donors (Lipinski definition) is 12. The predicted octanol–water partition coefficient (Wildman–Crippen LogP) is 27.0. The summed E-state index contributed by atoms with van der Waals surface area (Å²) in [6.07, 6.45) is 0. The van der Waals surface area contributed by atoms with E-state index >= 15 is 0 Å². The van der Waals surface area contributed by atoms with E-state index in [1.54, 1.807) is 185 Å². The van der Waals surface area contributed by atoms with E-state index < -0.39 is 5.91 Å². The van der Waals surface area contributed by atoms with Gasteiger partial charge in [-0.15, -0.1) is 11.3 Å². The van der Waals surface area contributed by atoms with E-state index in [0.717, 1.165) is 49.8 Å². The highest BCUT2D eigenvalue weighted by Gasteiger charge is 2.22. The van der Waals surface area contributed by atoms with Gasteiger partial charge in [0, 0.05) is 95.3 Å². The lowest BCUT2D eigenvalue weighted by molar-refractivity contribution is 0.101. The van der Waals surface area contributed by atoms with E-state index in [2.05, 4.69) is 82.4 Å². The molecule has 0 atom stereocenters. The van der Waals surface area contributed by atoms with Crippen LogP contribution in [0.1, 0.15) is 82.2 Å². The van der Waals surface area contributed by atoms with Gasteiger partial charge in [-0.1, -0.05) is 93.9 Å². The number of halogens is 6. The molecule has 0 aliphatic heterocycles. The zero-order valence-electron chi connectivity index (χ0n) is 74.6. The SMILES string of the molecule is COc1ccc(C(=O)Nc2ccc(-c3nc4ccc(NC(=O)c5c(Cl)cccc5Cl)cc4[nH]3)cc2)cc1.COc1ccc(C(=O)Nc2ccc(-c3nc4ccc(NC(=O)c5cccs5)cc4[nH]3)cc2)cc1.COc1ccc(C(=O)Nc2ccc(-c3nc4ccc(NC(=O)c5ccsc5)cc4[nH]3)cc2)cc1.O=C(Nc1ccc2nc(-c3ccccc3NC(=O)c3ccc(Cl)c(Cl)c3)[nH]c2c1)c1ccc(Cl)c(Cl)c1. The average molecular weight is 2040 g/mol. The average Bonchev–Trinajstić information content (AvgIpc) is 1.65. The van der Waals surface area contributed by atoms with Crippen molar-refractivity contribution in [2.45, 2.75) is 0 Å². The van der Waals surface area contributed by atoms with Crippen LogP contribution in [0.3, 0.4) is 0 Å². The minimum absolute atomic E-state index is 0.138. The van der Waals surface area contributed by atoms with E-state index in [0.29, 0.717) is 161 Å². The Kier molecular flexibility index (Phi) is 30.3. The molecule has 12 N–H and O–H groups in total. The lowest BCUT2D eigenvalue weighted by atomic mass is 10.1. The number of imidazole rings is 4. The highest BCUT2D eigenvalue weighted by molar-refractivity contribution is 7.12. The molecule has 0 aliphatic carbocycles. The number of benzene rings is 14. The first-order valence-electron chi connectivity index (χ1n) is 43.1. The number of nitrogens with zero attached hydrogens (tertiary/aromatic N) is 4. The van der Waals surface area contributed by atoms with Crippen molar-refractivity contribution in [3.8, 4) is 62.8 Å². The second-order valence-corrected chi connectivity index (χ2v) is 35.4. The first kappa shape index (κ1) is 96.9. The number of thiophene rings is 2. The number of para-hydroxylation sites is 1. The Labute approximate surface area is 847 Å². The number of aromatic amines is 4. The molecule has 27 nitrogen and oxygen atoms in total. The van der Waals surface area contributed by atoms with Gasteiger partial charge in [0.25, 0.3) is 47.3 Å². The highest BCUT2D eigenvalue weighted by Crippen LogP contribution is 2.36. The molecule has 8 amide bonds. The van der Waals surface area contributed by atoms with Crippen LogP contribution in [0.4, 0.5) is 45.5 Å². The number of rotatable bonds is 23. The van der Waals surface area contributed by atoms with Crippen LogP contribution in [0.25, 0.3) is 89.7 Å². The molecule has 0 spiro atoms. The van der Waals surface area contributed by atoms with Crippen molar-refractivity contribution in [1.29, 1.82) is 0 Å². The topological polar surface area (TPSA) is 375 Å². The number of hydrogen-bond acceptors (Lipinski definition) is 17. The summed E-state index contributed by atoms with van der Waals surface area (Å²) in [4.78, 5) is 133. The van der Waals surface area contributed by atoms with Gasteiger partial charge in [-0.3, -0.25) is 38.4 Å². The summed E-state index contributed by atoms with van der Waals surface area (Å²) < 4.78 is 15.4. The molecule has 6 aromatic heterocycles. The van der Waals surface area contributed by atoms with E-state index in [1.807, 2.05) is 156 Å². The Hall–Kier alpha value is -16.7. The Balaban J connectivity index is 0.000000130. The number of carbonyl (C=O) groups is 8. The fourth-order valence-corrected chi connectivity index (χ4v) is 16.9. The minimum atomic E-state index is -0.401. The molecule has 20 rings (SSSR count). The van der Waals surface area contributed by atoms with Gasteiger partial charge >= 0.3 is 0 Å². The van der Waals surface area contributed by atoms with Gasteiger partial charge in [0.2, 0.25) is 0 Å². The van der Waals surface area contributed by atoms with Gasteiger partial charge in [-0.2, -0.15) is 11.3 Å². The van der Waals surface area contributed by atoms with Crippen LogP contribution in [-0.2, 0) is 0 Å². The van der Waals surface area contributed by atoms with Gasteiger partial charge in [-0.25, -0.2) is 19.9 Å². The number of H-pyrrole nitrogens is 4. The minimum Gasteiger partial charge on any atom is -0.497 e. The van der Waals surface area contributed by atoms with E-state index in [4.69, 9.17) is 83.8 Å². The van der Waals surface area contributed by atoms with Gasteiger partial charge in [0.15, 0.2) is 0 Å². The quantitative estimate of drug-likeness (QED) is 0.0283. The Morgan fingerprint density at radius 2 is 0.599 bits per heavy atom. The molecule has 0 saturated heterocycles. The third-order valence-corrected chi connectivity index (χ3v) is 25.4. The summed E-state index contributed by atoms with van der Waals surface area (Å²) >= 11 is 39.2. The first-order chi connectivity index (χ1) is 68.9. The maximum absolute atomic E-state index is 12.8. The van der Waals surface area contributed by atoms with Gasteiger partial charge < -0.3 is 76.7 Å². The summed E-state index contributed by atoms with van der Waals surface area (Å²) in [5.74, 6) is 2.72. The fourth-order valence-electron chi connectivity index (χ4n) is 14.4. The Morgan fingerprint density at radius 3 is 0.965 bits per heavy atom. The number of ether oxygens (including phenoxy) is 3. The standard InChI is InChI=1S/C28H20Cl2N4O3.C27H16Cl4N4O2.2C26H20N4O3S/c1-37-20-12-7-17(8-13-20)27(35)31-18-9-5-16(6-10-18)26-33-23-14-11-19(15-24(23)34-26)32-28(36)25-21(29)3-2-4-22(25)30;28-18-8-5-14(11-20(18)30)26(36)32-16-7-10-23-24(13-16)34-25(33-23)17-3-1-2-4-22(17)35-27(37)15-6-9-19(29)21(31)12-15;1-33-21-9-4-17(5-10-21)25(31)27-19-6-2-16(3-7-19)24-29-22-11-8-20(14-23(22)30-24)28-26(32)18-12-13-34-15-18;1-33-20-11-6-17(7-12-20)25(31)27-18-8-4-16(5-9-18)24-29-21-13-10-19(15-22(21)30-24)28-26(32)23-3-2-14-34-23/h2-15H,1H3,(H,31,35)(H,32,36)(H,33,34);1-13H,(H,32,36)(H,33,34)(H,35,37);2*2-15H,1H3,(H,27,31)(H,28,32)(H,29,30). The van der Waals surface area contributed by atoms with Gasteiger partial charge in [0.05, 0.1) is 117 Å². The molecule has 20 aromatic rings. The molecule has 0 fully saturated rings. The van der Waals surface area contributed by atoms with E-state index in [-0.39, 0.29) is 57.0 Å². The number of anilines is 8. The van der Waals surface area contributed by atoms with Gasteiger partial charge in [-0.05, 0) is 302 Å². The zero-order valence-corrected chi connectivity index (χ0v) is 80.8. The summed E-state index contributed by atoms with van der Waals surface area (Å²) in [6, 6.07) is 91.7. The largest absolute Gasteiger partial charge is 0.497 e. The maximum Gasteiger partial charge on any atom is 0.265 e. The Bertz CT molecular complexity index is 7870. The third kappa shape index (κ3) is 23.8. The number of aromatic nitrogens is 8. The second-order valence-electron chi connectivity index (χ2n) is 31.2. The molecular formula is C107H76Cl6N16O11S2. The summed E-state index contributed by atoms with van der Waals surface area (Å²) in [5.41, 5.74) is 17.7. The summed E-state index contributed by atoms with van der Waals surface area (Å²) in [7, 11) is 4.75. The van der Waals surface area contributed by atoms with Crippen molar-refractivity contribution in [3.63, 3.8) is 0 Å². The number of fused-ring (bicyclic) bond motifs is 4. The van der Waals surface area contributed by atoms with Crippen LogP contribution in [-0.4, -0.2) is 108 Å². The van der Waals surface area contributed by atoms with Crippen LogP contribution in [0.2, 0.25) is 30.1 Å². The van der Waals surface area contributed by atoms with Crippen molar-refractivity contribution in [2.24, 2.45) is 0 Å². The number of nitrogens with one attached hydrogen (secondary N) is 12. The number of methoxy groups -OCH3 is 3. The van der Waals surface area contributed by atoms with Crippen molar-refractivity contribution < 1.29 is 52.6 Å². The summed E-state index contributed by atoms with van der Waals surface area (Å²) in [5, 5.41) is 30.5. The molecule has 35 heteroatoms. The molecule has 0 aliphatic rings. The summed E-state index contributed by atoms with van der Waals surface area (Å²) in [6.45, 7) is 0. The molecule has 704 valence electrons. The number of amides is 8. The third-order valence-electron chi connectivity index (χ3n) is 21.8. The number of carbonyl (C=O) groups excluding carboxylic acids is 8. The zero-order chi connectivity index (χ0) is 99.0. The van der Waals surface area contributed by atoms with Crippen molar-refractivity contribution >= 4 is 229 Å². The lowest BCUT2D eigenvalue weighted by Crippen LogP contribution is -2.13. The van der Waals surface area contributed by atoms with Crippen LogP contribution < -0.4 is 56.7 Å². The van der Waals surface area contributed by atoms with E-state index in [9.17, 15) is 38.4 Å². The normalized spacial score (nSPS) is 10.8. The monoisotopic (exact) mass is 2030 g/mol. The van der Waals surface area contributed by atoms with Crippen molar-refractivity contribution in [3.05, 3.63) is 406 Å². The smallest absolute Gasteiger partial charge is 0.265 e. The fraction of sp³-hybridized carbons (Fsp3) is 0.0280. The lowest BCUT2D eigenvalue weighted by Gasteiger charge is -2.10. The van der Waals surface area contributed by atoms with Crippen molar-refractivity contribution in [1.82, 2.24) is 39.9 Å². The van der Waals surface area contributed by atoms with Crippen LogP contribution in [0.15, 0.2) is 332 Å². The maximum atomic E-state index is 12.8. The molecule has 0 unspecified atom stereocenters. The van der Waals surface area contributed by atoms with Crippen molar-refractivity contribution in [2.75, 3.05) is 63.9 Å². The van der Waals surface area contributed by atoms with Crippen LogP contribution in [0.5, 0.6) is 17.2 Å². The molecule has 14 aromatic carbocycles. The molecule has 6 heterocycles. The van der Waals surface area contributed by atoms with E-state index in [1.165, 1.54) is 34.8 Å². The van der Waals surface area contributed by atoms with Crippen LogP contribution in [0, 0.1) is 0 Å². The Morgan fingerprint density at radius 1 is 0.268 bits per heavy atom. The second kappa shape index (κ2) is 44.4. The molecule has 0 saturated carbocycles. The van der Waals surface area contributed by atoms with Gasteiger partial charge in [0.1, 0.15) is 40.5 Å². The predicted molar refractivity (Wildman–Crippen MR) is 567 cm³/mol. The molecule has 142 heavy (non-hydrogen) atoms.